The molecule has 74 valence electrons. The molecule has 1 aromatic rings. The van der Waals surface area contributed by atoms with E-state index in [-0.39, 0.29) is 5.54 Å². The summed E-state index contributed by atoms with van der Waals surface area (Å²) in [4.78, 5) is 8.41. The molecular weight excluding hydrogens is 200 g/mol. The molecule has 2 rings (SSSR count). The third-order valence-electron chi connectivity index (χ3n) is 1.94. The minimum Gasteiger partial charge on any atom is -0.475 e. The predicted molar refractivity (Wildman–Crippen MR) is 55.8 cm³/mol. The lowest BCUT2D eigenvalue weighted by Crippen LogP contribution is -2.17. The first kappa shape index (κ1) is 9.46. The summed E-state index contributed by atoms with van der Waals surface area (Å²) in [7, 11) is 0. The lowest BCUT2D eigenvalue weighted by molar-refractivity contribution is 0.279. The van der Waals surface area contributed by atoms with Crippen LogP contribution >= 0.6 is 11.6 Å². The van der Waals surface area contributed by atoms with Crippen molar-refractivity contribution in [1.82, 2.24) is 4.98 Å². The van der Waals surface area contributed by atoms with E-state index < -0.39 is 0 Å². The van der Waals surface area contributed by atoms with Crippen molar-refractivity contribution in [3.63, 3.8) is 0 Å². The topological polar surface area (TPSA) is 34.5 Å². The molecule has 0 N–H and O–H groups in total. The molecule has 1 aliphatic heterocycles. The fourth-order valence-corrected chi connectivity index (χ4v) is 1.35. The van der Waals surface area contributed by atoms with Gasteiger partial charge >= 0.3 is 0 Å². The second-order valence-corrected chi connectivity index (χ2v) is 4.27. The zero-order valence-corrected chi connectivity index (χ0v) is 8.88. The van der Waals surface area contributed by atoms with E-state index in [4.69, 9.17) is 16.3 Å². The summed E-state index contributed by atoms with van der Waals surface area (Å²) in [5.41, 5.74) is 0.745. The van der Waals surface area contributed by atoms with Gasteiger partial charge in [-0.15, -0.1) is 0 Å². The number of ether oxygens (including phenoxy) is 1. The van der Waals surface area contributed by atoms with E-state index in [1.54, 1.807) is 12.3 Å². The predicted octanol–water partition coefficient (Wildman–Crippen LogP) is 2.29. The highest BCUT2D eigenvalue weighted by atomic mass is 35.5. The van der Waals surface area contributed by atoms with Gasteiger partial charge in [0.05, 0.1) is 11.1 Å². The average Bonchev–Trinajstić information content (AvgIpc) is 2.47. The molecule has 0 aliphatic carbocycles. The van der Waals surface area contributed by atoms with Crippen LogP contribution in [0.1, 0.15) is 19.4 Å². The second-order valence-electron chi connectivity index (χ2n) is 3.89. The van der Waals surface area contributed by atoms with E-state index in [0.717, 1.165) is 5.56 Å². The van der Waals surface area contributed by atoms with Crippen LogP contribution in [-0.4, -0.2) is 23.0 Å². The van der Waals surface area contributed by atoms with Gasteiger partial charge < -0.3 is 4.74 Å². The van der Waals surface area contributed by atoms with E-state index in [0.29, 0.717) is 17.7 Å². The summed E-state index contributed by atoms with van der Waals surface area (Å²) in [5.74, 6) is 0.652. The largest absolute Gasteiger partial charge is 0.475 e. The molecule has 4 heteroatoms. The van der Waals surface area contributed by atoms with Crippen LogP contribution in [0.2, 0.25) is 5.15 Å². The van der Waals surface area contributed by atoms with Crippen molar-refractivity contribution in [1.29, 1.82) is 0 Å². The normalized spacial score (nSPS) is 18.9. The molecular formula is C10H11ClN2O. The summed E-state index contributed by atoms with van der Waals surface area (Å²) in [6.45, 7) is 4.68. The first-order valence-electron chi connectivity index (χ1n) is 4.41. The van der Waals surface area contributed by atoms with Crippen LogP contribution in [-0.2, 0) is 4.74 Å². The van der Waals surface area contributed by atoms with Crippen molar-refractivity contribution in [2.45, 2.75) is 19.4 Å². The average molecular weight is 211 g/mol. The van der Waals surface area contributed by atoms with Crippen LogP contribution in [0.3, 0.4) is 0 Å². The van der Waals surface area contributed by atoms with E-state index in [2.05, 4.69) is 9.98 Å². The lowest BCUT2D eigenvalue weighted by atomic mass is 10.1. The van der Waals surface area contributed by atoms with Crippen LogP contribution in [0.15, 0.2) is 23.3 Å². The van der Waals surface area contributed by atoms with Gasteiger partial charge in [-0.05, 0) is 26.0 Å². The minimum absolute atomic E-state index is 0.130. The fraction of sp³-hybridized carbons (Fsp3) is 0.400. The maximum atomic E-state index is 5.68. The standard InChI is InChI=1S/C10H11ClN2O/c1-10(2)6-14-9(13-10)7-3-4-8(11)12-5-7/h3-5H,6H2,1-2H3. The lowest BCUT2D eigenvalue weighted by Gasteiger charge is -2.07. The highest BCUT2D eigenvalue weighted by Crippen LogP contribution is 2.20. The Labute approximate surface area is 87.8 Å². The maximum Gasteiger partial charge on any atom is 0.218 e. The van der Waals surface area contributed by atoms with Crippen molar-refractivity contribution in [2.75, 3.05) is 6.61 Å². The van der Waals surface area contributed by atoms with Crippen LogP contribution in [0.4, 0.5) is 0 Å². The van der Waals surface area contributed by atoms with Gasteiger partial charge in [-0.2, -0.15) is 0 Å². The quantitative estimate of drug-likeness (QED) is 0.667. The number of rotatable bonds is 1. The number of hydrogen-bond donors (Lipinski definition) is 0. The number of halogens is 1. The van der Waals surface area contributed by atoms with Crippen molar-refractivity contribution in [3.8, 4) is 0 Å². The first-order chi connectivity index (χ1) is 6.57. The van der Waals surface area contributed by atoms with Crippen molar-refractivity contribution < 1.29 is 4.74 Å². The Hall–Kier alpha value is -1.09. The molecule has 0 atom stereocenters. The van der Waals surface area contributed by atoms with Crippen LogP contribution in [0.25, 0.3) is 0 Å². The summed E-state index contributed by atoms with van der Waals surface area (Å²) in [6, 6.07) is 3.59. The zero-order chi connectivity index (χ0) is 10.2. The first-order valence-corrected chi connectivity index (χ1v) is 4.79. The summed E-state index contributed by atoms with van der Waals surface area (Å²) >= 11 is 5.68. The second kappa shape index (κ2) is 3.24. The molecule has 0 radical (unpaired) electrons. The van der Waals surface area contributed by atoms with Crippen LogP contribution in [0.5, 0.6) is 0 Å². The molecule has 1 aromatic heterocycles. The van der Waals surface area contributed by atoms with E-state index in [1.165, 1.54) is 0 Å². The molecule has 0 saturated heterocycles. The minimum atomic E-state index is -0.130. The van der Waals surface area contributed by atoms with Crippen LogP contribution in [0, 0.1) is 0 Å². The number of pyridine rings is 1. The molecule has 0 saturated carbocycles. The third kappa shape index (κ3) is 1.87. The Kier molecular flexibility index (Phi) is 2.19. The van der Waals surface area contributed by atoms with Crippen LogP contribution < -0.4 is 0 Å². The Balaban J connectivity index is 2.29. The number of aliphatic imine (C=N–C) groups is 1. The van der Waals surface area contributed by atoms with E-state index >= 15 is 0 Å². The smallest absolute Gasteiger partial charge is 0.218 e. The van der Waals surface area contributed by atoms with E-state index in [9.17, 15) is 0 Å². The zero-order valence-electron chi connectivity index (χ0n) is 8.12. The van der Waals surface area contributed by atoms with Crippen molar-refractivity contribution in [3.05, 3.63) is 29.0 Å². The molecule has 0 spiro atoms. The van der Waals surface area contributed by atoms with Gasteiger partial charge in [0.15, 0.2) is 0 Å². The van der Waals surface area contributed by atoms with Crippen molar-refractivity contribution in [2.24, 2.45) is 4.99 Å². The molecule has 1 aliphatic rings. The Morgan fingerprint density at radius 1 is 1.43 bits per heavy atom. The Morgan fingerprint density at radius 2 is 2.21 bits per heavy atom. The molecule has 0 bridgehead atoms. The molecule has 3 nitrogen and oxygen atoms in total. The fourth-order valence-electron chi connectivity index (χ4n) is 1.23. The summed E-state index contributed by atoms with van der Waals surface area (Å²) in [5, 5.41) is 0.478. The van der Waals surface area contributed by atoms with Gasteiger partial charge in [-0.1, -0.05) is 11.6 Å². The third-order valence-corrected chi connectivity index (χ3v) is 2.16. The molecule has 0 fully saturated rings. The van der Waals surface area contributed by atoms with Gasteiger partial charge in [0.1, 0.15) is 11.8 Å². The molecule has 14 heavy (non-hydrogen) atoms. The number of nitrogens with zero attached hydrogens (tertiary/aromatic N) is 2. The SMILES string of the molecule is CC1(C)COC(c2ccc(Cl)nc2)=N1. The molecule has 0 unspecified atom stereocenters. The van der Waals surface area contributed by atoms with Gasteiger partial charge in [-0.25, -0.2) is 9.98 Å². The van der Waals surface area contributed by atoms with Gasteiger partial charge in [0.25, 0.3) is 0 Å². The maximum absolute atomic E-state index is 5.68. The van der Waals surface area contributed by atoms with Gasteiger partial charge in [0.2, 0.25) is 5.90 Å². The highest BCUT2D eigenvalue weighted by molar-refractivity contribution is 6.29. The van der Waals surface area contributed by atoms with Crippen molar-refractivity contribution >= 4 is 17.5 Å². The molecule has 2 heterocycles. The van der Waals surface area contributed by atoms with E-state index in [1.807, 2.05) is 19.9 Å². The Bertz CT molecular complexity index is 370. The summed E-state index contributed by atoms with van der Waals surface area (Å²) < 4.78 is 5.46. The highest BCUT2D eigenvalue weighted by Gasteiger charge is 2.26. The molecule has 0 aromatic carbocycles. The Morgan fingerprint density at radius 3 is 2.71 bits per heavy atom. The van der Waals surface area contributed by atoms with Gasteiger partial charge in [-0.3, -0.25) is 0 Å². The molecule has 0 amide bonds. The monoisotopic (exact) mass is 210 g/mol. The number of hydrogen-bond acceptors (Lipinski definition) is 3. The summed E-state index contributed by atoms with van der Waals surface area (Å²) in [6.07, 6.45) is 1.67. The van der Waals surface area contributed by atoms with Gasteiger partial charge in [0, 0.05) is 6.20 Å². The number of aromatic nitrogens is 1.